The van der Waals surface area contributed by atoms with E-state index in [0.29, 0.717) is 24.9 Å². The van der Waals surface area contributed by atoms with Crippen LogP contribution in [0.25, 0.3) is 11.0 Å². The number of ether oxygens (including phenoxy) is 1. The zero-order chi connectivity index (χ0) is 25.6. The number of likely N-dealkylation sites (tertiary alicyclic amines) is 1. The van der Waals surface area contributed by atoms with Crippen LogP contribution in [0, 0.1) is 11.8 Å². The van der Waals surface area contributed by atoms with Gasteiger partial charge in [-0.3, -0.25) is 14.4 Å². The summed E-state index contributed by atoms with van der Waals surface area (Å²) >= 11 is 0. The fourth-order valence-electron chi connectivity index (χ4n) is 6.29. The lowest BCUT2D eigenvalue weighted by molar-refractivity contribution is -0.142. The summed E-state index contributed by atoms with van der Waals surface area (Å²) in [5, 5.41) is 23.7. The van der Waals surface area contributed by atoms with Gasteiger partial charge in [-0.05, 0) is 30.5 Å². The van der Waals surface area contributed by atoms with Crippen LogP contribution < -0.4 is 10.6 Å². The standard InChI is InChI=1S/C26H28N6O5/c33-13-12-31-22(24(35)28-15-32-18-9-5-4-8-17(18)29-30-32)26-11-10-19(37-26)20(21(26)25(31)36)23(34)27-14-16-6-2-1-3-7-16/h1-9,19-22,33H,10-15H2,(H,27,34)(H,28,35)/t19-,20+,21-,22?,26?/m0/s1. The summed E-state index contributed by atoms with van der Waals surface area (Å²) < 4.78 is 7.93. The molecular formula is C26H28N6O5. The Morgan fingerprint density at radius 3 is 2.68 bits per heavy atom. The van der Waals surface area contributed by atoms with E-state index in [1.165, 1.54) is 4.90 Å². The lowest BCUT2D eigenvalue weighted by Gasteiger charge is -2.33. The van der Waals surface area contributed by atoms with Crippen LogP contribution in [0.3, 0.4) is 0 Å². The second kappa shape index (κ2) is 9.24. The van der Waals surface area contributed by atoms with Crippen molar-refractivity contribution in [1.82, 2.24) is 30.5 Å². The molecule has 3 amide bonds. The van der Waals surface area contributed by atoms with Crippen molar-refractivity contribution >= 4 is 28.8 Å². The molecule has 3 saturated heterocycles. The van der Waals surface area contributed by atoms with E-state index in [1.807, 2.05) is 54.6 Å². The maximum Gasteiger partial charge on any atom is 0.247 e. The van der Waals surface area contributed by atoms with E-state index in [9.17, 15) is 19.5 Å². The lowest BCUT2D eigenvalue weighted by Crippen LogP contribution is -2.55. The Labute approximate surface area is 212 Å². The van der Waals surface area contributed by atoms with Crippen molar-refractivity contribution in [3.05, 3.63) is 60.2 Å². The largest absolute Gasteiger partial charge is 0.395 e. The smallest absolute Gasteiger partial charge is 0.247 e. The van der Waals surface area contributed by atoms with Crippen molar-refractivity contribution in [2.45, 2.75) is 43.8 Å². The van der Waals surface area contributed by atoms with E-state index in [4.69, 9.17) is 4.74 Å². The van der Waals surface area contributed by atoms with Gasteiger partial charge in [-0.2, -0.15) is 0 Å². The Morgan fingerprint density at radius 2 is 1.86 bits per heavy atom. The molecule has 1 aromatic heterocycles. The van der Waals surface area contributed by atoms with Gasteiger partial charge in [0, 0.05) is 13.1 Å². The first-order valence-electron chi connectivity index (χ1n) is 12.5. The van der Waals surface area contributed by atoms with E-state index in [-0.39, 0.29) is 31.6 Å². The van der Waals surface area contributed by atoms with Crippen molar-refractivity contribution in [2.24, 2.45) is 11.8 Å². The average Bonchev–Trinajstić information content (AvgIpc) is 3.66. The number of nitrogens with one attached hydrogen (secondary N) is 2. The molecule has 2 bridgehead atoms. The van der Waals surface area contributed by atoms with Crippen molar-refractivity contribution in [3.63, 3.8) is 0 Å². The summed E-state index contributed by atoms with van der Waals surface area (Å²) in [5.41, 5.74) is 1.31. The van der Waals surface area contributed by atoms with Crippen LogP contribution >= 0.6 is 0 Å². The fourth-order valence-corrected chi connectivity index (χ4v) is 6.29. The van der Waals surface area contributed by atoms with Crippen LogP contribution in [-0.2, 0) is 32.3 Å². The Balaban J connectivity index is 1.23. The maximum absolute atomic E-state index is 13.6. The number of benzene rings is 2. The first-order chi connectivity index (χ1) is 18.0. The zero-order valence-corrected chi connectivity index (χ0v) is 20.1. The number of aliphatic hydroxyl groups is 1. The molecular weight excluding hydrogens is 476 g/mol. The minimum Gasteiger partial charge on any atom is -0.395 e. The van der Waals surface area contributed by atoms with Gasteiger partial charge < -0.3 is 25.4 Å². The third kappa shape index (κ3) is 3.77. The number of fused-ring (bicyclic) bond motifs is 2. The third-order valence-electron chi connectivity index (χ3n) is 7.82. The number of hydrogen-bond donors (Lipinski definition) is 3. The number of hydrogen-bond acceptors (Lipinski definition) is 7. The number of amides is 3. The number of para-hydroxylation sites is 1. The Kier molecular flexibility index (Phi) is 5.88. The molecule has 3 N–H and O–H groups in total. The zero-order valence-electron chi connectivity index (χ0n) is 20.1. The first-order valence-corrected chi connectivity index (χ1v) is 12.5. The van der Waals surface area contributed by atoms with E-state index in [1.54, 1.807) is 4.68 Å². The van der Waals surface area contributed by atoms with E-state index in [2.05, 4.69) is 20.9 Å². The number of aliphatic hydroxyl groups excluding tert-OH is 1. The summed E-state index contributed by atoms with van der Waals surface area (Å²) in [6.45, 7) is 0.0727. The molecule has 6 rings (SSSR count). The predicted octanol–water partition coefficient (Wildman–Crippen LogP) is 0.188. The average molecular weight is 505 g/mol. The van der Waals surface area contributed by atoms with Crippen LogP contribution in [0.2, 0.25) is 0 Å². The summed E-state index contributed by atoms with van der Waals surface area (Å²) in [4.78, 5) is 41.9. The number of β-amino-alcohol motifs (C(OH)–C–C–N with tert-alkyl or cyclic N) is 1. The lowest BCUT2D eigenvalue weighted by atomic mass is 9.70. The molecule has 11 heteroatoms. The van der Waals surface area contributed by atoms with Crippen molar-refractivity contribution < 1.29 is 24.2 Å². The van der Waals surface area contributed by atoms with Gasteiger partial charge in [-0.1, -0.05) is 47.7 Å². The molecule has 3 aliphatic rings. The molecule has 0 aliphatic carbocycles. The summed E-state index contributed by atoms with van der Waals surface area (Å²) in [6.07, 6.45) is 0.635. The second-order valence-electron chi connectivity index (χ2n) is 9.79. The van der Waals surface area contributed by atoms with Crippen molar-refractivity contribution in [1.29, 1.82) is 0 Å². The third-order valence-corrected chi connectivity index (χ3v) is 7.82. The number of rotatable bonds is 8. The minimum absolute atomic E-state index is 0.0200. The molecule has 0 saturated carbocycles. The van der Waals surface area contributed by atoms with Gasteiger partial charge in [0.25, 0.3) is 0 Å². The Hall–Kier alpha value is -3.83. The van der Waals surface area contributed by atoms with Crippen molar-refractivity contribution in [3.8, 4) is 0 Å². The number of carbonyl (C=O) groups is 3. The van der Waals surface area contributed by atoms with E-state index in [0.717, 1.165) is 11.1 Å². The molecule has 2 unspecified atom stereocenters. The van der Waals surface area contributed by atoms with Gasteiger partial charge in [0.2, 0.25) is 17.7 Å². The highest BCUT2D eigenvalue weighted by Crippen LogP contribution is 2.58. The molecule has 4 heterocycles. The number of carbonyl (C=O) groups excluding carboxylic acids is 3. The van der Waals surface area contributed by atoms with Crippen LogP contribution in [0.5, 0.6) is 0 Å². The molecule has 1 spiro atoms. The molecule has 11 nitrogen and oxygen atoms in total. The van der Waals surface area contributed by atoms with E-state index >= 15 is 0 Å². The molecule has 0 radical (unpaired) electrons. The van der Waals surface area contributed by atoms with Gasteiger partial charge in [0.1, 0.15) is 23.8 Å². The number of aromatic nitrogens is 3. The topological polar surface area (TPSA) is 139 Å². The number of nitrogens with zero attached hydrogens (tertiary/aromatic N) is 4. The van der Waals surface area contributed by atoms with Gasteiger partial charge >= 0.3 is 0 Å². The quantitative estimate of drug-likeness (QED) is 0.398. The summed E-state index contributed by atoms with van der Waals surface area (Å²) in [7, 11) is 0. The summed E-state index contributed by atoms with van der Waals surface area (Å²) in [5.74, 6) is -2.47. The molecule has 3 fully saturated rings. The fraction of sp³-hybridized carbons (Fsp3) is 0.423. The van der Waals surface area contributed by atoms with Crippen LogP contribution in [0.1, 0.15) is 18.4 Å². The van der Waals surface area contributed by atoms with Gasteiger partial charge in [-0.15, -0.1) is 5.10 Å². The Bertz CT molecular complexity index is 1350. The van der Waals surface area contributed by atoms with Gasteiger partial charge in [0.05, 0.1) is 30.1 Å². The van der Waals surface area contributed by atoms with Crippen LogP contribution in [0.4, 0.5) is 0 Å². The second-order valence-corrected chi connectivity index (χ2v) is 9.79. The predicted molar refractivity (Wildman–Crippen MR) is 130 cm³/mol. The molecule has 2 aromatic carbocycles. The van der Waals surface area contributed by atoms with Crippen molar-refractivity contribution in [2.75, 3.05) is 13.2 Å². The maximum atomic E-state index is 13.6. The van der Waals surface area contributed by atoms with Gasteiger partial charge in [-0.25, -0.2) is 4.68 Å². The normalized spacial score (nSPS) is 28.0. The monoisotopic (exact) mass is 504 g/mol. The first kappa shape index (κ1) is 23.6. The SMILES string of the molecule is O=C(NCn1nnc2ccccc21)C1N(CCO)C(=O)[C@@H]2[C@H](C(=O)NCc3ccccc3)[C@@H]3CCC12O3. The minimum atomic E-state index is -1.11. The summed E-state index contributed by atoms with van der Waals surface area (Å²) in [6, 6.07) is 16.0. The molecule has 192 valence electrons. The van der Waals surface area contributed by atoms with E-state index < -0.39 is 35.5 Å². The molecule has 5 atom stereocenters. The highest BCUT2D eigenvalue weighted by Gasteiger charge is 2.74. The Morgan fingerprint density at radius 1 is 1.08 bits per heavy atom. The molecule has 3 aromatic rings. The molecule has 3 aliphatic heterocycles. The van der Waals surface area contributed by atoms with Crippen LogP contribution in [-0.4, -0.2) is 73.6 Å². The highest BCUT2D eigenvalue weighted by molar-refractivity contribution is 5.98. The highest BCUT2D eigenvalue weighted by atomic mass is 16.5. The van der Waals surface area contributed by atoms with Crippen LogP contribution in [0.15, 0.2) is 54.6 Å². The van der Waals surface area contributed by atoms with Gasteiger partial charge in [0.15, 0.2) is 0 Å². The molecule has 37 heavy (non-hydrogen) atoms.